The number of carbonyl (C=O) groups is 2. The van der Waals surface area contributed by atoms with Crippen molar-refractivity contribution in [2.45, 2.75) is 38.4 Å². The Bertz CT molecular complexity index is 1040. The summed E-state index contributed by atoms with van der Waals surface area (Å²) in [6.07, 6.45) is 4.48. The lowest BCUT2D eigenvalue weighted by molar-refractivity contribution is 0.0695. The van der Waals surface area contributed by atoms with Crippen LogP contribution in [-0.4, -0.2) is 37.2 Å². The van der Waals surface area contributed by atoms with E-state index in [0.717, 1.165) is 31.7 Å². The van der Waals surface area contributed by atoms with Crippen LogP contribution < -0.4 is 4.74 Å². The molecule has 1 aliphatic carbocycles. The molecule has 0 heterocycles. The zero-order valence-corrected chi connectivity index (χ0v) is 17.5. The van der Waals surface area contributed by atoms with E-state index < -0.39 is 22.6 Å². The molecule has 2 aromatic carbocycles. The molecule has 1 fully saturated rings. The summed E-state index contributed by atoms with van der Waals surface area (Å²) in [5.74, 6) is -1.77. The number of carboxylic acid groups (broad SMARTS) is 2. The Kier molecular flexibility index (Phi) is 6.77. The molecule has 2 aromatic rings. The average Bonchev–Trinajstić information content (AvgIpc) is 3.19. The third-order valence-corrected chi connectivity index (χ3v) is 6.04. The van der Waals surface area contributed by atoms with E-state index in [0.29, 0.717) is 40.5 Å². The van der Waals surface area contributed by atoms with Crippen molar-refractivity contribution in [2.24, 2.45) is 5.92 Å². The smallest absolute Gasteiger partial charge is 0.336 e. The highest BCUT2D eigenvalue weighted by molar-refractivity contribution is 7.71. The standard InChI is InChI=1S/C22H24O7S/c1-13-8-17(19(22(25)26)10-16(13)21(23)24)18-9-15(12-30(27)28)6-7-20(18)29-11-14-4-2-3-5-14/h6-10,14,30H,2-5,11-12H2,1H3,(H,23,24)(H,25,26). The van der Waals surface area contributed by atoms with Gasteiger partial charge in [-0.25, -0.2) is 18.0 Å². The number of aromatic carboxylic acids is 2. The number of ether oxygens (including phenoxy) is 1. The fraction of sp³-hybridized carbons (Fsp3) is 0.364. The Morgan fingerprint density at radius 2 is 1.67 bits per heavy atom. The first kappa shape index (κ1) is 21.8. The largest absolute Gasteiger partial charge is 0.493 e. The molecular formula is C22H24O7S. The second-order valence-electron chi connectivity index (χ2n) is 7.61. The van der Waals surface area contributed by atoms with Gasteiger partial charge in [0.05, 0.1) is 23.5 Å². The summed E-state index contributed by atoms with van der Waals surface area (Å²) >= 11 is 0. The number of carboxylic acids is 2. The molecule has 0 amide bonds. The van der Waals surface area contributed by atoms with E-state index in [-0.39, 0.29) is 16.9 Å². The van der Waals surface area contributed by atoms with E-state index in [1.54, 1.807) is 25.1 Å². The highest BCUT2D eigenvalue weighted by Crippen LogP contribution is 2.36. The molecule has 0 aliphatic heterocycles. The van der Waals surface area contributed by atoms with Gasteiger partial charge in [0.1, 0.15) is 16.5 Å². The Labute approximate surface area is 176 Å². The second kappa shape index (κ2) is 9.30. The van der Waals surface area contributed by atoms with Gasteiger partial charge in [-0.05, 0) is 61.1 Å². The van der Waals surface area contributed by atoms with Gasteiger partial charge in [-0.3, -0.25) is 0 Å². The van der Waals surface area contributed by atoms with Crippen molar-refractivity contribution in [2.75, 3.05) is 6.61 Å². The molecule has 8 heteroatoms. The Balaban J connectivity index is 2.11. The molecule has 7 nitrogen and oxygen atoms in total. The number of thiol groups is 1. The predicted octanol–water partition coefficient (Wildman–Crippen LogP) is 3.74. The van der Waals surface area contributed by atoms with Gasteiger partial charge in [0.2, 0.25) is 0 Å². The molecule has 0 radical (unpaired) electrons. The van der Waals surface area contributed by atoms with Crippen LogP contribution in [0.4, 0.5) is 0 Å². The second-order valence-corrected chi connectivity index (χ2v) is 8.59. The fourth-order valence-corrected chi connectivity index (χ4v) is 4.38. The summed E-state index contributed by atoms with van der Waals surface area (Å²) < 4.78 is 28.4. The molecular weight excluding hydrogens is 408 g/mol. The summed E-state index contributed by atoms with van der Waals surface area (Å²) in [4.78, 5) is 23.3. The SMILES string of the molecule is Cc1cc(-c2cc(C[SH](=O)=O)ccc2OCC2CCCC2)c(C(=O)O)cc1C(=O)O. The van der Waals surface area contributed by atoms with Crippen molar-refractivity contribution < 1.29 is 33.0 Å². The Morgan fingerprint density at radius 3 is 2.27 bits per heavy atom. The highest BCUT2D eigenvalue weighted by atomic mass is 32.2. The molecule has 0 spiro atoms. The predicted molar refractivity (Wildman–Crippen MR) is 112 cm³/mol. The van der Waals surface area contributed by atoms with E-state index in [9.17, 15) is 28.2 Å². The van der Waals surface area contributed by atoms with Crippen LogP contribution in [0.25, 0.3) is 11.1 Å². The number of hydrogen-bond acceptors (Lipinski definition) is 5. The quantitative estimate of drug-likeness (QED) is 0.544. The first-order valence-corrected chi connectivity index (χ1v) is 11.1. The van der Waals surface area contributed by atoms with E-state index in [4.69, 9.17) is 4.74 Å². The van der Waals surface area contributed by atoms with Crippen LogP contribution in [-0.2, 0) is 16.5 Å². The van der Waals surface area contributed by atoms with Gasteiger partial charge in [-0.1, -0.05) is 18.9 Å². The molecule has 160 valence electrons. The zero-order chi connectivity index (χ0) is 21.8. The van der Waals surface area contributed by atoms with Crippen molar-refractivity contribution in [3.8, 4) is 16.9 Å². The number of benzene rings is 2. The molecule has 0 aromatic heterocycles. The van der Waals surface area contributed by atoms with Gasteiger partial charge in [-0.2, -0.15) is 0 Å². The Hall–Kier alpha value is -2.87. The van der Waals surface area contributed by atoms with Crippen LogP contribution in [0.3, 0.4) is 0 Å². The monoisotopic (exact) mass is 432 g/mol. The fourth-order valence-electron chi connectivity index (χ4n) is 3.88. The zero-order valence-electron chi connectivity index (χ0n) is 16.6. The Morgan fingerprint density at radius 1 is 1.00 bits per heavy atom. The van der Waals surface area contributed by atoms with E-state index in [2.05, 4.69) is 0 Å². The number of hydrogen-bond donors (Lipinski definition) is 3. The maximum absolute atomic E-state index is 11.9. The van der Waals surface area contributed by atoms with E-state index in [1.165, 1.54) is 6.07 Å². The first-order valence-electron chi connectivity index (χ1n) is 9.75. The van der Waals surface area contributed by atoms with Gasteiger partial charge in [-0.15, -0.1) is 0 Å². The molecule has 0 bridgehead atoms. The summed E-state index contributed by atoms with van der Waals surface area (Å²) in [7, 11) is -2.66. The topological polar surface area (TPSA) is 118 Å². The third kappa shape index (κ3) is 4.99. The van der Waals surface area contributed by atoms with Crippen LogP contribution in [0.2, 0.25) is 0 Å². The molecule has 1 saturated carbocycles. The van der Waals surface area contributed by atoms with Gasteiger partial charge in [0, 0.05) is 11.1 Å². The van der Waals surface area contributed by atoms with Crippen LogP contribution in [0.15, 0.2) is 30.3 Å². The third-order valence-electron chi connectivity index (χ3n) is 5.42. The molecule has 0 saturated heterocycles. The van der Waals surface area contributed by atoms with Crippen molar-refractivity contribution in [3.05, 3.63) is 52.6 Å². The normalized spacial score (nSPS) is 14.2. The van der Waals surface area contributed by atoms with Gasteiger partial charge >= 0.3 is 11.9 Å². The maximum atomic E-state index is 11.9. The van der Waals surface area contributed by atoms with Crippen LogP contribution in [0, 0.1) is 12.8 Å². The lowest BCUT2D eigenvalue weighted by atomic mass is 9.92. The molecule has 2 N–H and O–H groups in total. The summed E-state index contributed by atoms with van der Waals surface area (Å²) in [5, 5.41) is 19.1. The van der Waals surface area contributed by atoms with Gasteiger partial charge in [0.25, 0.3) is 0 Å². The van der Waals surface area contributed by atoms with Crippen molar-refractivity contribution in [3.63, 3.8) is 0 Å². The van der Waals surface area contributed by atoms with Crippen LogP contribution in [0.5, 0.6) is 5.75 Å². The summed E-state index contributed by atoms with van der Waals surface area (Å²) in [5.41, 5.74) is 1.39. The van der Waals surface area contributed by atoms with Crippen molar-refractivity contribution in [1.82, 2.24) is 0 Å². The maximum Gasteiger partial charge on any atom is 0.336 e. The molecule has 0 atom stereocenters. The molecule has 30 heavy (non-hydrogen) atoms. The lowest BCUT2D eigenvalue weighted by Crippen LogP contribution is -2.10. The molecule has 3 rings (SSSR count). The number of aryl methyl sites for hydroxylation is 1. The van der Waals surface area contributed by atoms with Gasteiger partial charge < -0.3 is 14.9 Å². The minimum atomic E-state index is -2.66. The van der Waals surface area contributed by atoms with Crippen LogP contribution in [0.1, 0.15) is 57.5 Å². The van der Waals surface area contributed by atoms with Crippen molar-refractivity contribution >= 4 is 22.6 Å². The van der Waals surface area contributed by atoms with E-state index in [1.807, 2.05) is 0 Å². The summed E-state index contributed by atoms with van der Waals surface area (Å²) in [6, 6.07) is 7.56. The molecule has 0 unspecified atom stereocenters. The average molecular weight is 432 g/mol. The minimum absolute atomic E-state index is 0.0941. The summed E-state index contributed by atoms with van der Waals surface area (Å²) in [6.45, 7) is 2.09. The van der Waals surface area contributed by atoms with Gasteiger partial charge in [0.15, 0.2) is 0 Å². The highest BCUT2D eigenvalue weighted by Gasteiger charge is 2.22. The minimum Gasteiger partial charge on any atom is -0.493 e. The number of rotatable bonds is 8. The van der Waals surface area contributed by atoms with Crippen LogP contribution >= 0.6 is 0 Å². The molecule has 1 aliphatic rings. The first-order chi connectivity index (χ1) is 14.3. The lowest BCUT2D eigenvalue weighted by Gasteiger charge is -2.18. The van der Waals surface area contributed by atoms with Crippen molar-refractivity contribution in [1.29, 1.82) is 0 Å². The van der Waals surface area contributed by atoms with E-state index >= 15 is 0 Å².